The number of rotatable bonds is 8. The largest absolute Gasteiger partial charge is 0.419 e. The number of anilines is 1. The van der Waals surface area contributed by atoms with Gasteiger partial charge in [0, 0.05) is 44.8 Å². The highest BCUT2D eigenvalue weighted by Crippen LogP contribution is 2.16. The molecule has 0 radical (unpaired) electrons. The molecular formula is C25H30N4O4. The normalized spacial score (nSPS) is 14.5. The molecule has 0 unspecified atom stereocenters. The third-order valence-electron chi connectivity index (χ3n) is 6.11. The van der Waals surface area contributed by atoms with Gasteiger partial charge in [0.1, 0.15) is 0 Å². The molecule has 33 heavy (non-hydrogen) atoms. The van der Waals surface area contributed by atoms with E-state index in [1.807, 2.05) is 47.4 Å². The topological polar surface area (TPSA) is 87.8 Å². The van der Waals surface area contributed by atoms with Crippen LogP contribution in [0.2, 0.25) is 0 Å². The van der Waals surface area contributed by atoms with Crippen LogP contribution in [0.5, 0.6) is 0 Å². The van der Waals surface area contributed by atoms with Gasteiger partial charge in [0.25, 0.3) is 0 Å². The third-order valence-corrected chi connectivity index (χ3v) is 6.11. The summed E-state index contributed by atoms with van der Waals surface area (Å²) in [6.45, 7) is 5.37. The molecule has 1 saturated heterocycles. The predicted molar refractivity (Wildman–Crippen MR) is 127 cm³/mol. The lowest BCUT2D eigenvalue weighted by Gasteiger charge is -2.34. The van der Waals surface area contributed by atoms with Gasteiger partial charge in [-0.25, -0.2) is 4.79 Å². The van der Waals surface area contributed by atoms with Gasteiger partial charge in [0.15, 0.2) is 5.58 Å². The van der Waals surface area contributed by atoms with Gasteiger partial charge in [-0.15, -0.1) is 0 Å². The van der Waals surface area contributed by atoms with Gasteiger partial charge in [-0.1, -0.05) is 37.3 Å². The Hall–Kier alpha value is -3.39. The molecule has 1 N–H and O–H groups in total. The molecule has 1 aromatic heterocycles. The zero-order valence-corrected chi connectivity index (χ0v) is 19.0. The van der Waals surface area contributed by atoms with Gasteiger partial charge in [-0.2, -0.15) is 0 Å². The SMILES string of the molecule is CCc1ccccc1NC(=O)CN1CCN(C(=O)CCCn2c(=O)oc3ccccc32)CC1. The summed E-state index contributed by atoms with van der Waals surface area (Å²) in [5.74, 6) is -0.345. The van der Waals surface area contributed by atoms with Crippen molar-refractivity contribution in [3.8, 4) is 0 Å². The minimum Gasteiger partial charge on any atom is -0.408 e. The van der Waals surface area contributed by atoms with Crippen LogP contribution in [0, 0.1) is 0 Å². The Morgan fingerprint density at radius 1 is 1.00 bits per heavy atom. The summed E-state index contributed by atoms with van der Waals surface area (Å²) in [5.41, 5.74) is 3.30. The Bertz CT molecular complexity index is 1170. The number of carbonyl (C=O) groups is 2. The van der Waals surface area contributed by atoms with Gasteiger partial charge in [0.2, 0.25) is 11.8 Å². The number of piperazine rings is 1. The molecule has 0 aliphatic carbocycles. The van der Waals surface area contributed by atoms with Crippen molar-refractivity contribution < 1.29 is 14.0 Å². The first kappa shape index (κ1) is 22.8. The van der Waals surface area contributed by atoms with E-state index in [-0.39, 0.29) is 11.8 Å². The maximum atomic E-state index is 12.6. The average molecular weight is 451 g/mol. The molecule has 2 heterocycles. The van der Waals surface area contributed by atoms with Gasteiger partial charge in [0.05, 0.1) is 12.1 Å². The summed E-state index contributed by atoms with van der Waals surface area (Å²) in [5, 5.41) is 3.00. The van der Waals surface area contributed by atoms with Crippen LogP contribution in [0.4, 0.5) is 5.69 Å². The Morgan fingerprint density at radius 3 is 2.52 bits per heavy atom. The summed E-state index contributed by atoms with van der Waals surface area (Å²) in [6.07, 6.45) is 1.81. The average Bonchev–Trinajstić information content (AvgIpc) is 3.15. The summed E-state index contributed by atoms with van der Waals surface area (Å²) in [6, 6.07) is 15.1. The first-order valence-electron chi connectivity index (χ1n) is 11.5. The smallest absolute Gasteiger partial charge is 0.408 e. The lowest BCUT2D eigenvalue weighted by molar-refractivity contribution is -0.133. The highest BCUT2D eigenvalue weighted by molar-refractivity contribution is 5.93. The second kappa shape index (κ2) is 10.5. The number of hydrogen-bond acceptors (Lipinski definition) is 5. The Morgan fingerprint density at radius 2 is 1.73 bits per heavy atom. The van der Waals surface area contributed by atoms with E-state index in [2.05, 4.69) is 17.1 Å². The highest BCUT2D eigenvalue weighted by Gasteiger charge is 2.22. The summed E-state index contributed by atoms with van der Waals surface area (Å²) in [4.78, 5) is 41.1. The lowest BCUT2D eigenvalue weighted by atomic mass is 10.1. The molecule has 1 aliphatic heterocycles. The van der Waals surface area contributed by atoms with Gasteiger partial charge in [-0.05, 0) is 36.6 Å². The van der Waals surface area contributed by atoms with Crippen LogP contribution in [0.15, 0.2) is 57.7 Å². The first-order chi connectivity index (χ1) is 16.0. The van der Waals surface area contributed by atoms with E-state index in [9.17, 15) is 14.4 Å². The quantitative estimate of drug-likeness (QED) is 0.570. The molecule has 8 heteroatoms. The molecule has 0 bridgehead atoms. The molecule has 0 atom stereocenters. The number of fused-ring (bicyclic) bond motifs is 1. The second-order valence-electron chi connectivity index (χ2n) is 8.31. The highest BCUT2D eigenvalue weighted by atomic mass is 16.4. The molecule has 0 saturated carbocycles. The number of nitrogens with zero attached hydrogens (tertiary/aromatic N) is 3. The summed E-state index contributed by atoms with van der Waals surface area (Å²) < 4.78 is 6.82. The Labute approximate surface area is 192 Å². The number of para-hydroxylation sites is 3. The van der Waals surface area contributed by atoms with E-state index in [0.717, 1.165) is 23.2 Å². The second-order valence-corrected chi connectivity index (χ2v) is 8.31. The third kappa shape index (κ3) is 5.51. The standard InChI is InChI=1S/C25H30N4O4/c1-2-19-8-3-4-9-20(19)26-23(30)18-27-14-16-28(17-15-27)24(31)12-7-13-29-21-10-5-6-11-22(21)33-25(29)32/h3-6,8-11H,2,7,12-18H2,1H3,(H,26,30). The molecule has 8 nitrogen and oxygen atoms in total. The van der Waals surface area contributed by atoms with Gasteiger partial charge >= 0.3 is 5.76 Å². The van der Waals surface area contributed by atoms with E-state index < -0.39 is 5.76 Å². The summed E-state index contributed by atoms with van der Waals surface area (Å²) in [7, 11) is 0. The van der Waals surface area contributed by atoms with E-state index in [1.165, 1.54) is 0 Å². The first-order valence-corrected chi connectivity index (χ1v) is 11.5. The number of amides is 2. The van der Waals surface area contributed by atoms with Crippen molar-refractivity contribution in [3.63, 3.8) is 0 Å². The van der Waals surface area contributed by atoms with Crippen molar-refractivity contribution in [1.82, 2.24) is 14.4 Å². The molecule has 4 rings (SSSR count). The van der Waals surface area contributed by atoms with Crippen molar-refractivity contribution in [3.05, 3.63) is 64.6 Å². The van der Waals surface area contributed by atoms with Gasteiger partial charge < -0.3 is 14.6 Å². The van der Waals surface area contributed by atoms with E-state index >= 15 is 0 Å². The van der Waals surface area contributed by atoms with Crippen molar-refractivity contribution in [2.75, 3.05) is 38.0 Å². The monoisotopic (exact) mass is 450 g/mol. The van der Waals surface area contributed by atoms with E-state index in [4.69, 9.17) is 4.42 Å². The number of benzene rings is 2. The van der Waals surface area contributed by atoms with Crippen LogP contribution in [0.1, 0.15) is 25.3 Å². The fourth-order valence-corrected chi connectivity index (χ4v) is 4.27. The number of carbonyl (C=O) groups excluding carboxylic acids is 2. The fourth-order valence-electron chi connectivity index (χ4n) is 4.27. The van der Waals surface area contributed by atoms with Crippen LogP contribution in [-0.2, 0) is 22.6 Å². The van der Waals surface area contributed by atoms with Gasteiger partial charge in [-0.3, -0.25) is 19.1 Å². The molecule has 2 aromatic carbocycles. The van der Waals surface area contributed by atoms with E-state index in [1.54, 1.807) is 10.6 Å². The lowest BCUT2D eigenvalue weighted by Crippen LogP contribution is -2.50. The zero-order chi connectivity index (χ0) is 23.2. The van der Waals surface area contributed by atoms with Crippen molar-refractivity contribution in [2.24, 2.45) is 0 Å². The van der Waals surface area contributed by atoms with Crippen LogP contribution in [-0.4, -0.2) is 58.9 Å². The van der Waals surface area contributed by atoms with Crippen LogP contribution >= 0.6 is 0 Å². The molecular weight excluding hydrogens is 420 g/mol. The van der Waals surface area contributed by atoms with Crippen LogP contribution in [0.25, 0.3) is 11.1 Å². The number of oxazole rings is 1. The summed E-state index contributed by atoms with van der Waals surface area (Å²) >= 11 is 0. The predicted octanol–water partition coefficient (Wildman–Crippen LogP) is 2.72. The zero-order valence-electron chi connectivity index (χ0n) is 19.0. The number of nitrogens with one attached hydrogen (secondary N) is 1. The molecule has 0 spiro atoms. The van der Waals surface area contributed by atoms with Crippen LogP contribution < -0.4 is 11.1 Å². The minimum absolute atomic E-state index is 0.0338. The van der Waals surface area contributed by atoms with E-state index in [0.29, 0.717) is 57.7 Å². The molecule has 2 amide bonds. The minimum atomic E-state index is -0.392. The molecule has 1 aliphatic rings. The molecule has 174 valence electrons. The van der Waals surface area contributed by atoms with Crippen molar-refractivity contribution in [2.45, 2.75) is 32.7 Å². The van der Waals surface area contributed by atoms with Crippen molar-refractivity contribution in [1.29, 1.82) is 0 Å². The number of aromatic nitrogens is 1. The molecule has 1 fully saturated rings. The van der Waals surface area contributed by atoms with Crippen molar-refractivity contribution >= 4 is 28.6 Å². The Kier molecular flexibility index (Phi) is 7.24. The maximum absolute atomic E-state index is 12.6. The maximum Gasteiger partial charge on any atom is 0.419 e. The number of hydrogen-bond donors (Lipinski definition) is 1. The molecule has 3 aromatic rings. The fraction of sp³-hybridized carbons (Fsp3) is 0.400. The number of aryl methyl sites for hydroxylation is 2. The Balaban J connectivity index is 1.21. The van der Waals surface area contributed by atoms with Crippen LogP contribution in [0.3, 0.4) is 0 Å².